The summed E-state index contributed by atoms with van der Waals surface area (Å²) in [6.45, 7) is 0.278. The van der Waals surface area contributed by atoms with Crippen LogP contribution in [0.5, 0.6) is 0 Å². The summed E-state index contributed by atoms with van der Waals surface area (Å²) in [5.74, 6) is 0.924. The first-order valence-corrected chi connectivity index (χ1v) is 22.8. The standard InChI is InChI=1S/C62H43N5O/c63-61(43-23-10-3-11-24-43)66-62(44-25-12-4-13-26-44)65-40-47-37-46(45-33-34-49(41-19-6-1-7-20-41)53(38-45)42-21-8-2-9-22-42)39-64-59(47)51-30-18-32-56-57(51)52-35-36-55-58(60(52)68-56)50-29-16-17-31-54(50)67(55)48-27-14-5-15-28-48/h1-39H,40H2,(H2,63,65,66). The van der Waals surface area contributed by atoms with Crippen LogP contribution in [0, 0.1) is 0 Å². The second-order valence-electron chi connectivity index (χ2n) is 16.9. The molecule has 12 aromatic rings. The minimum absolute atomic E-state index is 0.278. The molecule has 0 unspecified atom stereocenters. The third-order valence-electron chi connectivity index (χ3n) is 12.8. The van der Waals surface area contributed by atoms with E-state index in [4.69, 9.17) is 25.1 Å². The van der Waals surface area contributed by atoms with Crippen molar-refractivity contribution in [1.29, 1.82) is 0 Å². The highest BCUT2D eigenvalue weighted by Gasteiger charge is 2.22. The number of nitrogens with zero attached hydrogens (tertiary/aromatic N) is 4. The Labute approximate surface area is 393 Å². The van der Waals surface area contributed by atoms with Crippen LogP contribution in [0.25, 0.3) is 94.1 Å². The van der Waals surface area contributed by atoms with E-state index in [0.717, 1.165) is 111 Å². The van der Waals surface area contributed by atoms with Crippen LogP contribution in [0.1, 0.15) is 16.7 Å². The van der Waals surface area contributed by atoms with Crippen molar-refractivity contribution in [2.24, 2.45) is 15.7 Å². The number of amidine groups is 2. The van der Waals surface area contributed by atoms with Gasteiger partial charge < -0.3 is 14.7 Å². The zero-order chi connectivity index (χ0) is 45.4. The fourth-order valence-electron chi connectivity index (χ4n) is 9.60. The van der Waals surface area contributed by atoms with Gasteiger partial charge in [-0.3, -0.25) is 9.98 Å². The summed E-state index contributed by atoms with van der Waals surface area (Å²) in [5, 5.41) is 4.23. The molecule has 322 valence electrons. The molecule has 0 spiro atoms. The third-order valence-corrected chi connectivity index (χ3v) is 12.8. The first kappa shape index (κ1) is 40.4. The minimum atomic E-state index is 0.278. The van der Waals surface area contributed by atoms with Crippen molar-refractivity contribution in [3.05, 3.63) is 253 Å². The third kappa shape index (κ3) is 7.31. The Morgan fingerprint density at radius 1 is 0.485 bits per heavy atom. The Balaban J connectivity index is 1.07. The first-order valence-electron chi connectivity index (χ1n) is 22.8. The van der Waals surface area contributed by atoms with Gasteiger partial charge in [-0.1, -0.05) is 182 Å². The SMILES string of the molecule is NC(=NC(=NCc1cc(-c2ccc(-c3ccccc3)c(-c3ccccc3)c2)cnc1-c1cccc2oc3c(ccc4c3c3ccccc3n4-c3ccccc3)c12)c1ccccc1)c1ccccc1. The van der Waals surface area contributed by atoms with E-state index >= 15 is 0 Å². The van der Waals surface area contributed by atoms with E-state index in [2.05, 4.69) is 174 Å². The van der Waals surface area contributed by atoms with Crippen molar-refractivity contribution < 1.29 is 4.42 Å². The van der Waals surface area contributed by atoms with Gasteiger partial charge in [-0.2, -0.15) is 0 Å². The zero-order valence-electron chi connectivity index (χ0n) is 37.0. The fourth-order valence-corrected chi connectivity index (χ4v) is 9.60. The number of hydrogen-bond donors (Lipinski definition) is 1. The molecule has 3 heterocycles. The van der Waals surface area contributed by atoms with E-state index in [1.165, 1.54) is 0 Å². The van der Waals surface area contributed by atoms with Crippen LogP contribution in [0.15, 0.2) is 251 Å². The minimum Gasteiger partial charge on any atom is -0.455 e. The zero-order valence-corrected chi connectivity index (χ0v) is 37.0. The topological polar surface area (TPSA) is 81.7 Å². The van der Waals surface area contributed by atoms with Crippen molar-refractivity contribution in [1.82, 2.24) is 9.55 Å². The van der Waals surface area contributed by atoms with Crippen molar-refractivity contribution in [2.75, 3.05) is 0 Å². The maximum atomic E-state index is 6.96. The molecule has 0 fully saturated rings. The summed E-state index contributed by atoms with van der Waals surface area (Å²) in [4.78, 5) is 15.6. The fraction of sp³-hybridized carbons (Fsp3) is 0.0161. The summed E-state index contributed by atoms with van der Waals surface area (Å²) in [6.07, 6.45) is 1.99. The molecule has 0 amide bonds. The van der Waals surface area contributed by atoms with E-state index in [-0.39, 0.29) is 6.54 Å². The van der Waals surface area contributed by atoms with E-state index in [0.29, 0.717) is 11.7 Å². The molecule has 12 rings (SSSR count). The van der Waals surface area contributed by atoms with Gasteiger partial charge in [0.05, 0.1) is 28.7 Å². The Kier molecular flexibility index (Phi) is 10.3. The van der Waals surface area contributed by atoms with Crippen LogP contribution >= 0.6 is 0 Å². The molecule has 6 nitrogen and oxygen atoms in total. The van der Waals surface area contributed by atoms with Crippen molar-refractivity contribution in [3.63, 3.8) is 0 Å². The summed E-state index contributed by atoms with van der Waals surface area (Å²) in [7, 11) is 0. The average Bonchev–Trinajstić information content (AvgIpc) is 3.97. The Bertz CT molecular complexity index is 3860. The van der Waals surface area contributed by atoms with Crippen LogP contribution in [-0.2, 0) is 6.54 Å². The van der Waals surface area contributed by atoms with Crippen LogP contribution in [0.3, 0.4) is 0 Å². The van der Waals surface area contributed by atoms with Crippen LogP contribution in [0.2, 0.25) is 0 Å². The van der Waals surface area contributed by atoms with Gasteiger partial charge in [-0.05, 0) is 76.3 Å². The Hall–Kier alpha value is -9.13. The van der Waals surface area contributed by atoms with E-state index in [1.54, 1.807) is 0 Å². The number of furan rings is 1. The number of aromatic nitrogens is 2. The van der Waals surface area contributed by atoms with E-state index in [9.17, 15) is 0 Å². The summed E-state index contributed by atoms with van der Waals surface area (Å²) >= 11 is 0. The lowest BCUT2D eigenvalue weighted by Gasteiger charge is -2.15. The molecule has 6 heteroatoms. The second kappa shape index (κ2) is 17.3. The maximum Gasteiger partial charge on any atom is 0.157 e. The molecule has 3 aromatic heterocycles. The number of benzene rings is 9. The molecule has 0 atom stereocenters. The number of rotatable bonds is 9. The molecule has 0 aliphatic rings. The Morgan fingerprint density at radius 2 is 1.13 bits per heavy atom. The lowest BCUT2D eigenvalue weighted by Crippen LogP contribution is -2.16. The van der Waals surface area contributed by atoms with Crippen molar-refractivity contribution in [2.45, 2.75) is 6.54 Å². The lowest BCUT2D eigenvalue weighted by atomic mass is 9.90. The van der Waals surface area contributed by atoms with Crippen LogP contribution in [-0.4, -0.2) is 21.2 Å². The van der Waals surface area contributed by atoms with Gasteiger partial charge >= 0.3 is 0 Å². The number of pyridine rings is 1. The molecule has 0 aliphatic heterocycles. The second-order valence-corrected chi connectivity index (χ2v) is 16.9. The molecule has 0 aliphatic carbocycles. The highest BCUT2D eigenvalue weighted by Crippen LogP contribution is 2.44. The van der Waals surface area contributed by atoms with Crippen LogP contribution < -0.4 is 5.73 Å². The molecule has 68 heavy (non-hydrogen) atoms. The quantitative estimate of drug-likeness (QED) is 0.116. The van der Waals surface area contributed by atoms with Crippen molar-refractivity contribution in [3.8, 4) is 50.3 Å². The van der Waals surface area contributed by atoms with Gasteiger partial charge in [0.15, 0.2) is 5.84 Å². The molecule has 0 bridgehead atoms. The Morgan fingerprint density at radius 3 is 1.87 bits per heavy atom. The lowest BCUT2D eigenvalue weighted by molar-refractivity contribution is 0.673. The summed E-state index contributed by atoms with van der Waals surface area (Å²) < 4.78 is 9.28. The largest absolute Gasteiger partial charge is 0.455 e. The first-order chi connectivity index (χ1) is 33.7. The number of aliphatic imine (C=N–C) groups is 2. The molecular weight excluding hydrogens is 831 g/mol. The van der Waals surface area contributed by atoms with Gasteiger partial charge in [0.1, 0.15) is 17.0 Å². The van der Waals surface area contributed by atoms with E-state index < -0.39 is 0 Å². The highest BCUT2D eigenvalue weighted by atomic mass is 16.3. The molecule has 9 aromatic carbocycles. The molecular formula is C62H43N5O. The monoisotopic (exact) mass is 873 g/mol. The van der Waals surface area contributed by atoms with Gasteiger partial charge in [0.25, 0.3) is 0 Å². The van der Waals surface area contributed by atoms with Crippen LogP contribution in [0.4, 0.5) is 0 Å². The highest BCUT2D eigenvalue weighted by molar-refractivity contribution is 6.25. The predicted molar refractivity (Wildman–Crippen MR) is 281 cm³/mol. The number of nitrogens with two attached hydrogens (primary N) is 1. The molecule has 0 saturated heterocycles. The van der Waals surface area contributed by atoms with Gasteiger partial charge in [0, 0.05) is 55.9 Å². The predicted octanol–water partition coefficient (Wildman–Crippen LogP) is 15.1. The molecule has 0 radical (unpaired) electrons. The summed E-state index contributed by atoms with van der Waals surface area (Å²) in [6, 6.07) is 79.7. The maximum absolute atomic E-state index is 6.96. The normalized spacial score (nSPS) is 12.1. The van der Waals surface area contributed by atoms with Crippen molar-refractivity contribution >= 4 is 55.4 Å². The van der Waals surface area contributed by atoms with E-state index in [1.807, 2.05) is 66.9 Å². The molecule has 0 saturated carbocycles. The number of para-hydroxylation sites is 2. The number of hydrogen-bond acceptors (Lipinski definition) is 3. The molecule has 2 N–H and O–H groups in total. The number of fused-ring (bicyclic) bond motifs is 7. The van der Waals surface area contributed by atoms with Gasteiger partial charge in [-0.15, -0.1) is 0 Å². The average molecular weight is 874 g/mol. The summed E-state index contributed by atoms with van der Waals surface area (Å²) in [5.41, 5.74) is 22.7. The smallest absolute Gasteiger partial charge is 0.157 e. The van der Waals surface area contributed by atoms with Gasteiger partial charge in [0.2, 0.25) is 0 Å². The van der Waals surface area contributed by atoms with Gasteiger partial charge in [-0.25, -0.2) is 4.99 Å².